The van der Waals surface area contributed by atoms with Crippen molar-refractivity contribution < 1.29 is 22.7 Å². The van der Waals surface area contributed by atoms with Gasteiger partial charge in [-0.1, -0.05) is 13.8 Å². The molecule has 2 rings (SSSR count). The average molecular weight is 485 g/mol. The molecule has 14 heteroatoms. The van der Waals surface area contributed by atoms with Gasteiger partial charge < -0.3 is 15.0 Å². The Hall–Kier alpha value is -3.26. The van der Waals surface area contributed by atoms with Crippen LogP contribution in [0.2, 0.25) is 0 Å². The fraction of sp³-hybridized carbons (Fsp3) is 0.526. The molecule has 13 nitrogen and oxygen atoms in total. The molecule has 2 aromatic heterocycles. The van der Waals surface area contributed by atoms with Crippen LogP contribution >= 0.6 is 0 Å². The number of carbonyl (C=O) groups is 2. The summed E-state index contributed by atoms with van der Waals surface area (Å²) in [6.07, 6.45) is 0.969. The molecule has 0 unspecified atom stereocenters. The molecule has 0 atom stereocenters. The van der Waals surface area contributed by atoms with Crippen molar-refractivity contribution in [2.24, 2.45) is 20.0 Å². The lowest BCUT2D eigenvalue weighted by atomic mass is 10.1. The van der Waals surface area contributed by atoms with E-state index >= 15 is 0 Å². The maximum Gasteiger partial charge on any atom is 0.332 e. The zero-order chi connectivity index (χ0) is 25.1. The molecular weight excluding hydrogens is 456 g/mol. The summed E-state index contributed by atoms with van der Waals surface area (Å²) in [5, 5.41) is -0.186. The Morgan fingerprint density at radius 2 is 1.88 bits per heavy atom. The summed E-state index contributed by atoms with van der Waals surface area (Å²) in [6, 6.07) is 0. The number of anilines is 1. The molecule has 0 aliphatic heterocycles. The number of aryl methyl sites for hydroxylation is 2. The van der Waals surface area contributed by atoms with E-state index in [1.54, 1.807) is 14.0 Å². The van der Waals surface area contributed by atoms with E-state index in [-0.39, 0.29) is 36.3 Å². The molecule has 33 heavy (non-hydrogen) atoms. The quantitative estimate of drug-likeness (QED) is 0.313. The van der Waals surface area contributed by atoms with Gasteiger partial charge in [-0.25, -0.2) is 22.9 Å². The number of nitrogens with two attached hydrogens (primary N) is 1. The number of hydrogen-bond acceptors (Lipinski definition) is 9. The first-order chi connectivity index (χ1) is 15.3. The number of nitrogen functional groups attached to an aromatic ring is 1. The van der Waals surface area contributed by atoms with Crippen LogP contribution in [0.15, 0.2) is 20.8 Å². The predicted molar refractivity (Wildman–Crippen MR) is 118 cm³/mol. The van der Waals surface area contributed by atoms with Gasteiger partial charge in [-0.3, -0.25) is 23.5 Å². The van der Waals surface area contributed by atoms with Crippen molar-refractivity contribution in [3.05, 3.63) is 38.4 Å². The van der Waals surface area contributed by atoms with Gasteiger partial charge in [-0.05, 0) is 12.8 Å². The van der Waals surface area contributed by atoms with Gasteiger partial charge in [0.05, 0.1) is 6.42 Å². The predicted octanol–water partition coefficient (Wildman–Crippen LogP) is -1.08. The van der Waals surface area contributed by atoms with Crippen molar-refractivity contribution >= 4 is 27.6 Å². The van der Waals surface area contributed by atoms with Gasteiger partial charge >= 0.3 is 11.7 Å². The van der Waals surface area contributed by atoms with Crippen LogP contribution < -0.4 is 21.7 Å². The van der Waals surface area contributed by atoms with E-state index in [0.29, 0.717) is 5.82 Å². The van der Waals surface area contributed by atoms with Crippen molar-refractivity contribution in [2.75, 3.05) is 18.9 Å². The van der Waals surface area contributed by atoms with Crippen LogP contribution in [-0.4, -0.2) is 52.0 Å². The van der Waals surface area contributed by atoms with Gasteiger partial charge in [0.1, 0.15) is 17.2 Å². The monoisotopic (exact) mass is 484 g/mol. The zero-order valence-electron chi connectivity index (χ0n) is 19.1. The van der Waals surface area contributed by atoms with Gasteiger partial charge in [-0.2, -0.15) is 0 Å². The number of esters is 1. The summed E-state index contributed by atoms with van der Waals surface area (Å²) in [4.78, 5) is 53.1. The van der Waals surface area contributed by atoms with Gasteiger partial charge in [0.2, 0.25) is 5.78 Å². The molecule has 0 spiro atoms. The van der Waals surface area contributed by atoms with Crippen molar-refractivity contribution in [3.63, 3.8) is 0 Å². The highest BCUT2D eigenvalue weighted by Gasteiger charge is 2.23. The number of ether oxygens (including phenoxy) is 1. The Labute approximate surface area is 190 Å². The van der Waals surface area contributed by atoms with E-state index < -0.39 is 45.2 Å². The van der Waals surface area contributed by atoms with Crippen LogP contribution in [0.25, 0.3) is 0 Å². The van der Waals surface area contributed by atoms with Crippen LogP contribution in [0.1, 0.15) is 36.5 Å². The standard InChI is InChI=1S/C19H28N6O7S/c1-11(2)8-25-17(20)16(18(28)24(5)19(25)29)13(26)10-32-15(27)6-7-21-33(30,31)14-9-23(4)12(3)22-14/h9,11,21H,6-8,10,20H2,1-5H3. The smallest absolute Gasteiger partial charge is 0.332 e. The third-order valence-corrected chi connectivity index (χ3v) is 6.09. The van der Waals surface area contributed by atoms with Gasteiger partial charge in [0, 0.05) is 33.4 Å². The minimum absolute atomic E-state index is 0.0158. The molecule has 0 aliphatic carbocycles. The number of nitrogens with zero attached hydrogens (tertiary/aromatic N) is 4. The Bertz CT molecular complexity index is 1270. The second-order valence-corrected chi connectivity index (χ2v) is 9.59. The van der Waals surface area contributed by atoms with E-state index in [1.165, 1.54) is 17.8 Å². The highest BCUT2D eigenvalue weighted by Crippen LogP contribution is 2.10. The SMILES string of the molecule is Cc1nc(S(=O)(=O)NCCC(=O)OCC(=O)c2c(N)n(CC(C)C)c(=O)n(C)c2=O)cn1C. The molecule has 182 valence electrons. The molecular formula is C19H28N6O7S. The summed E-state index contributed by atoms with van der Waals surface area (Å²) >= 11 is 0. The second kappa shape index (κ2) is 10.1. The van der Waals surface area contributed by atoms with Crippen LogP contribution in [-0.2, 0) is 40.2 Å². The number of hydrogen-bond donors (Lipinski definition) is 2. The van der Waals surface area contributed by atoms with Crippen LogP contribution in [0, 0.1) is 12.8 Å². The number of Topliss-reactive ketones (excluding diaryl/α,β-unsaturated/α-hetero) is 1. The number of imidazole rings is 1. The number of aromatic nitrogens is 4. The summed E-state index contributed by atoms with van der Waals surface area (Å²) in [7, 11) is -1.05. The molecule has 0 bridgehead atoms. The molecule has 0 aromatic carbocycles. The number of rotatable bonds is 10. The van der Waals surface area contributed by atoms with Crippen LogP contribution in [0.5, 0.6) is 0 Å². The Balaban J connectivity index is 2.02. The largest absolute Gasteiger partial charge is 0.457 e. The number of sulfonamides is 1. The second-order valence-electron chi connectivity index (χ2n) is 7.88. The summed E-state index contributed by atoms with van der Waals surface area (Å²) in [5.41, 5.74) is 3.91. The third kappa shape index (κ3) is 5.96. The summed E-state index contributed by atoms with van der Waals surface area (Å²) in [6.45, 7) is 4.43. The summed E-state index contributed by atoms with van der Waals surface area (Å²) < 4.78 is 34.9. The Kier molecular flexibility index (Phi) is 7.97. The first-order valence-electron chi connectivity index (χ1n) is 10.0. The van der Waals surface area contributed by atoms with Crippen molar-refractivity contribution in [1.29, 1.82) is 0 Å². The maximum atomic E-state index is 12.5. The fourth-order valence-electron chi connectivity index (χ4n) is 2.89. The molecule has 2 heterocycles. The van der Waals surface area contributed by atoms with E-state index in [9.17, 15) is 27.6 Å². The van der Waals surface area contributed by atoms with Gasteiger partial charge in [0.25, 0.3) is 15.6 Å². The maximum absolute atomic E-state index is 12.5. The average Bonchev–Trinajstić information content (AvgIpc) is 3.07. The lowest BCUT2D eigenvalue weighted by Crippen LogP contribution is -2.43. The highest BCUT2D eigenvalue weighted by molar-refractivity contribution is 7.89. The highest BCUT2D eigenvalue weighted by atomic mass is 32.2. The number of carbonyl (C=O) groups excluding carboxylic acids is 2. The zero-order valence-corrected chi connectivity index (χ0v) is 19.9. The molecule has 0 aliphatic rings. The molecule has 0 saturated carbocycles. The molecule has 0 amide bonds. The van der Waals surface area contributed by atoms with Crippen molar-refractivity contribution in [3.8, 4) is 0 Å². The number of ketones is 1. The van der Waals surface area contributed by atoms with E-state index in [1.807, 2.05) is 13.8 Å². The lowest BCUT2D eigenvalue weighted by molar-refractivity contribution is -0.142. The van der Waals surface area contributed by atoms with Crippen molar-refractivity contribution in [2.45, 2.75) is 38.8 Å². The first-order valence-corrected chi connectivity index (χ1v) is 11.5. The molecule has 3 N–H and O–H groups in total. The van der Waals surface area contributed by atoms with E-state index in [2.05, 4.69) is 9.71 Å². The fourth-order valence-corrected chi connectivity index (χ4v) is 3.96. The topological polar surface area (TPSA) is 177 Å². The molecule has 0 fully saturated rings. The Morgan fingerprint density at radius 3 is 2.42 bits per heavy atom. The van der Waals surface area contributed by atoms with Gasteiger partial charge in [0.15, 0.2) is 11.6 Å². The third-order valence-electron chi connectivity index (χ3n) is 4.76. The van der Waals surface area contributed by atoms with Crippen molar-refractivity contribution in [1.82, 2.24) is 23.4 Å². The van der Waals surface area contributed by atoms with Crippen LogP contribution in [0.4, 0.5) is 5.82 Å². The number of nitrogens with one attached hydrogen (secondary N) is 1. The normalized spacial score (nSPS) is 11.7. The molecule has 0 saturated heterocycles. The van der Waals surface area contributed by atoms with Crippen LogP contribution in [0.3, 0.4) is 0 Å². The lowest BCUT2D eigenvalue weighted by Gasteiger charge is -2.16. The van der Waals surface area contributed by atoms with E-state index in [0.717, 1.165) is 9.13 Å². The minimum Gasteiger partial charge on any atom is -0.457 e. The molecule has 2 aromatic rings. The van der Waals surface area contributed by atoms with E-state index in [4.69, 9.17) is 10.5 Å². The molecule has 0 radical (unpaired) electrons. The summed E-state index contributed by atoms with van der Waals surface area (Å²) in [5.74, 6) is -1.52. The minimum atomic E-state index is -3.92. The Morgan fingerprint density at radius 1 is 1.24 bits per heavy atom. The first kappa shape index (κ1) is 26.0. The van der Waals surface area contributed by atoms with Gasteiger partial charge in [-0.15, -0.1) is 0 Å².